The summed E-state index contributed by atoms with van der Waals surface area (Å²) in [6.07, 6.45) is 0. The largest absolute Gasteiger partial charge is 0.187 e. The molecule has 1 radical (unpaired) electrons. The SMILES string of the molecule is [AlH3].[CH2]C(c1ccccc1)C(C)C. The molecular formula is C11H18Al. The van der Waals surface area contributed by atoms with Gasteiger partial charge in [-0.1, -0.05) is 44.2 Å². The topological polar surface area (TPSA) is 0 Å². The Morgan fingerprint density at radius 3 is 2.00 bits per heavy atom. The quantitative estimate of drug-likeness (QED) is 0.607. The van der Waals surface area contributed by atoms with E-state index >= 15 is 0 Å². The standard InChI is InChI=1S/C11H15.Al.3H/c1-9(2)10(3)11-7-5-4-6-8-11;;;;/h4-10H,3H2,1-2H3;;;;. The maximum atomic E-state index is 4.11. The van der Waals surface area contributed by atoms with Crippen LogP contribution in [0.4, 0.5) is 0 Å². The lowest BCUT2D eigenvalue weighted by atomic mass is 9.91. The van der Waals surface area contributed by atoms with E-state index in [9.17, 15) is 0 Å². The molecule has 0 bridgehead atoms. The van der Waals surface area contributed by atoms with Crippen LogP contribution >= 0.6 is 0 Å². The molecule has 65 valence electrons. The average molecular weight is 177 g/mol. The molecule has 12 heavy (non-hydrogen) atoms. The zero-order valence-electron chi connectivity index (χ0n) is 7.25. The van der Waals surface area contributed by atoms with E-state index in [1.807, 2.05) is 6.07 Å². The first-order valence-corrected chi connectivity index (χ1v) is 4.10. The molecule has 0 amide bonds. The van der Waals surface area contributed by atoms with Gasteiger partial charge in [0, 0.05) is 0 Å². The maximum absolute atomic E-state index is 4.11. The van der Waals surface area contributed by atoms with Crippen LogP contribution in [0.3, 0.4) is 0 Å². The lowest BCUT2D eigenvalue weighted by molar-refractivity contribution is 0.575. The highest BCUT2D eigenvalue weighted by Crippen LogP contribution is 2.22. The van der Waals surface area contributed by atoms with E-state index in [0.29, 0.717) is 11.8 Å². The molecule has 0 fully saturated rings. The summed E-state index contributed by atoms with van der Waals surface area (Å²) in [6, 6.07) is 10.4. The monoisotopic (exact) mass is 177 g/mol. The van der Waals surface area contributed by atoms with Crippen LogP contribution in [0.2, 0.25) is 0 Å². The Hall–Kier alpha value is -0.248. The van der Waals surface area contributed by atoms with Gasteiger partial charge in [0.15, 0.2) is 17.4 Å². The minimum Gasteiger partial charge on any atom is -0.0622 e. The van der Waals surface area contributed by atoms with Crippen molar-refractivity contribution in [2.24, 2.45) is 5.92 Å². The van der Waals surface area contributed by atoms with E-state index in [1.165, 1.54) is 5.56 Å². The molecule has 1 aromatic rings. The van der Waals surface area contributed by atoms with Gasteiger partial charge < -0.3 is 0 Å². The van der Waals surface area contributed by atoms with E-state index in [2.05, 4.69) is 45.0 Å². The van der Waals surface area contributed by atoms with Crippen molar-refractivity contribution in [3.8, 4) is 0 Å². The third-order valence-electron chi connectivity index (χ3n) is 2.03. The van der Waals surface area contributed by atoms with Gasteiger partial charge in [-0.15, -0.1) is 0 Å². The Morgan fingerprint density at radius 1 is 1.08 bits per heavy atom. The number of hydrogen-bond donors (Lipinski definition) is 0. The number of rotatable bonds is 2. The second-order valence-electron chi connectivity index (χ2n) is 3.26. The first-order valence-electron chi connectivity index (χ1n) is 4.10. The normalized spacial score (nSPS) is 12.3. The van der Waals surface area contributed by atoms with Crippen molar-refractivity contribution in [3.05, 3.63) is 42.8 Å². The molecule has 0 heterocycles. The molecule has 0 saturated carbocycles. The zero-order chi connectivity index (χ0) is 8.27. The lowest BCUT2D eigenvalue weighted by Gasteiger charge is -2.14. The average Bonchev–Trinajstić information content (AvgIpc) is 2.05. The molecule has 0 aliphatic carbocycles. The summed E-state index contributed by atoms with van der Waals surface area (Å²) in [7, 11) is 0. The Bertz CT molecular complexity index is 204. The molecule has 0 N–H and O–H groups in total. The molecule has 0 aromatic heterocycles. The van der Waals surface area contributed by atoms with Crippen molar-refractivity contribution in [2.75, 3.05) is 0 Å². The van der Waals surface area contributed by atoms with Gasteiger partial charge in [-0.3, -0.25) is 0 Å². The fourth-order valence-corrected chi connectivity index (χ4v) is 1.09. The van der Waals surface area contributed by atoms with Crippen LogP contribution in [-0.4, -0.2) is 17.4 Å². The Kier molecular flexibility index (Phi) is 5.30. The molecular weight excluding hydrogens is 159 g/mol. The van der Waals surface area contributed by atoms with Gasteiger partial charge in [0.1, 0.15) is 0 Å². The Labute approximate surface area is 86.1 Å². The van der Waals surface area contributed by atoms with Crippen molar-refractivity contribution in [1.82, 2.24) is 0 Å². The molecule has 1 atom stereocenters. The van der Waals surface area contributed by atoms with E-state index in [0.717, 1.165) is 0 Å². The van der Waals surface area contributed by atoms with E-state index in [1.54, 1.807) is 0 Å². The number of hydrogen-bond acceptors (Lipinski definition) is 0. The van der Waals surface area contributed by atoms with Crippen molar-refractivity contribution in [2.45, 2.75) is 19.8 Å². The lowest BCUT2D eigenvalue weighted by Crippen LogP contribution is -2.01. The van der Waals surface area contributed by atoms with Crippen LogP contribution in [-0.2, 0) is 0 Å². The molecule has 1 unspecified atom stereocenters. The molecule has 0 aliphatic rings. The van der Waals surface area contributed by atoms with Gasteiger partial charge in [-0.05, 0) is 24.3 Å². The second kappa shape index (κ2) is 5.41. The molecule has 0 nitrogen and oxygen atoms in total. The van der Waals surface area contributed by atoms with Gasteiger partial charge in [0.2, 0.25) is 0 Å². The van der Waals surface area contributed by atoms with E-state index in [4.69, 9.17) is 0 Å². The minimum atomic E-state index is 0. The Morgan fingerprint density at radius 2 is 1.58 bits per heavy atom. The summed E-state index contributed by atoms with van der Waals surface area (Å²) in [5.74, 6) is 1.05. The fraction of sp³-hybridized carbons (Fsp3) is 0.364. The van der Waals surface area contributed by atoms with Crippen molar-refractivity contribution >= 4 is 17.4 Å². The van der Waals surface area contributed by atoms with E-state index < -0.39 is 0 Å². The van der Waals surface area contributed by atoms with Crippen LogP contribution in [0.1, 0.15) is 25.3 Å². The maximum Gasteiger partial charge on any atom is 0.187 e. The van der Waals surface area contributed by atoms with Crippen molar-refractivity contribution in [1.29, 1.82) is 0 Å². The summed E-state index contributed by atoms with van der Waals surface area (Å²) in [5.41, 5.74) is 1.34. The van der Waals surface area contributed by atoms with Gasteiger partial charge in [0.05, 0.1) is 0 Å². The molecule has 1 aromatic carbocycles. The molecule has 1 heteroatoms. The third-order valence-corrected chi connectivity index (χ3v) is 2.03. The predicted molar refractivity (Wildman–Crippen MR) is 59.3 cm³/mol. The summed E-state index contributed by atoms with van der Waals surface area (Å²) in [6.45, 7) is 8.51. The fourth-order valence-electron chi connectivity index (χ4n) is 1.09. The highest BCUT2D eigenvalue weighted by molar-refractivity contribution is 5.75. The smallest absolute Gasteiger partial charge is 0.0622 e. The van der Waals surface area contributed by atoms with Crippen LogP contribution in [0.5, 0.6) is 0 Å². The first-order chi connectivity index (χ1) is 5.22. The summed E-state index contributed by atoms with van der Waals surface area (Å²) in [5, 5.41) is 0. The van der Waals surface area contributed by atoms with Gasteiger partial charge in [0.25, 0.3) is 0 Å². The van der Waals surface area contributed by atoms with Crippen LogP contribution < -0.4 is 0 Å². The van der Waals surface area contributed by atoms with Crippen LogP contribution in [0.15, 0.2) is 30.3 Å². The van der Waals surface area contributed by atoms with Gasteiger partial charge in [-0.25, -0.2) is 0 Å². The summed E-state index contributed by atoms with van der Waals surface area (Å²) < 4.78 is 0. The molecule has 0 saturated heterocycles. The Balaban J connectivity index is 0.00000121. The van der Waals surface area contributed by atoms with Crippen LogP contribution in [0, 0.1) is 12.8 Å². The molecule has 0 aliphatic heterocycles. The third kappa shape index (κ3) is 3.01. The minimum absolute atomic E-state index is 0. The second-order valence-corrected chi connectivity index (χ2v) is 3.26. The molecule has 1 rings (SSSR count). The van der Waals surface area contributed by atoms with Gasteiger partial charge in [-0.2, -0.15) is 0 Å². The predicted octanol–water partition coefficient (Wildman–Crippen LogP) is 2.08. The zero-order valence-corrected chi connectivity index (χ0v) is 7.25. The summed E-state index contributed by atoms with van der Waals surface area (Å²) in [4.78, 5) is 0. The van der Waals surface area contributed by atoms with Crippen molar-refractivity contribution in [3.63, 3.8) is 0 Å². The van der Waals surface area contributed by atoms with Crippen LogP contribution in [0.25, 0.3) is 0 Å². The van der Waals surface area contributed by atoms with E-state index in [-0.39, 0.29) is 17.4 Å². The highest BCUT2D eigenvalue weighted by atomic mass is 27.0. The summed E-state index contributed by atoms with van der Waals surface area (Å²) >= 11 is 0. The first kappa shape index (κ1) is 11.8. The highest BCUT2D eigenvalue weighted by Gasteiger charge is 2.07. The number of benzene rings is 1. The van der Waals surface area contributed by atoms with Gasteiger partial charge >= 0.3 is 0 Å². The molecule has 0 spiro atoms. The van der Waals surface area contributed by atoms with Crippen molar-refractivity contribution < 1.29 is 0 Å².